The molecule has 2 N–H and O–H groups in total. The molecule has 0 bridgehead atoms. The van der Waals surface area contributed by atoms with Gasteiger partial charge in [0.05, 0.1) is 36.1 Å². The van der Waals surface area contributed by atoms with Crippen LogP contribution >= 0.6 is 11.6 Å². The van der Waals surface area contributed by atoms with Crippen LogP contribution in [0.4, 0.5) is 0 Å². The molecule has 30 heavy (non-hydrogen) atoms. The van der Waals surface area contributed by atoms with Gasteiger partial charge in [0.2, 0.25) is 5.91 Å². The average molecular weight is 420 g/mol. The second-order valence-corrected chi connectivity index (χ2v) is 7.00. The minimum Gasteiger partial charge on any atom is -0.467 e. The predicted molar refractivity (Wildman–Crippen MR) is 115 cm³/mol. The number of nitrogens with zero attached hydrogens (tertiary/aromatic N) is 1. The van der Waals surface area contributed by atoms with Crippen LogP contribution in [0.3, 0.4) is 0 Å². The number of carbonyl (C=O) groups excluding carboxylic acids is 2. The molecule has 150 valence electrons. The number of hydrogen-bond donors (Lipinski definition) is 2. The molecule has 4 aromatic rings. The molecule has 0 radical (unpaired) electrons. The Morgan fingerprint density at radius 2 is 1.77 bits per heavy atom. The van der Waals surface area contributed by atoms with Crippen molar-refractivity contribution in [2.75, 3.05) is 6.54 Å². The number of aromatic nitrogens is 1. The van der Waals surface area contributed by atoms with Crippen molar-refractivity contribution >= 4 is 34.3 Å². The highest BCUT2D eigenvalue weighted by molar-refractivity contribution is 6.33. The first-order chi connectivity index (χ1) is 14.6. The van der Waals surface area contributed by atoms with Gasteiger partial charge in [-0.1, -0.05) is 48.0 Å². The van der Waals surface area contributed by atoms with E-state index in [1.165, 1.54) is 6.26 Å². The fourth-order valence-corrected chi connectivity index (χ4v) is 3.32. The lowest BCUT2D eigenvalue weighted by Crippen LogP contribution is -2.36. The van der Waals surface area contributed by atoms with Crippen molar-refractivity contribution < 1.29 is 14.0 Å². The molecule has 0 unspecified atom stereocenters. The summed E-state index contributed by atoms with van der Waals surface area (Å²) in [6, 6.07) is 19.9. The third kappa shape index (κ3) is 4.34. The van der Waals surface area contributed by atoms with Gasteiger partial charge in [0.25, 0.3) is 5.91 Å². The van der Waals surface area contributed by atoms with E-state index in [9.17, 15) is 9.59 Å². The van der Waals surface area contributed by atoms with Crippen molar-refractivity contribution in [3.8, 4) is 11.3 Å². The molecule has 0 fully saturated rings. The summed E-state index contributed by atoms with van der Waals surface area (Å²) in [5.41, 5.74) is 2.42. The van der Waals surface area contributed by atoms with Crippen LogP contribution in [0.2, 0.25) is 5.02 Å². The fraction of sp³-hybridized carbons (Fsp3) is 0.0870. The molecule has 0 atom stereocenters. The smallest absolute Gasteiger partial charge is 0.252 e. The SMILES string of the molecule is O=C(CNC(=O)c1cc(-c2ccccc2Cl)nc2ccccc12)NCc1ccco1. The molecule has 6 nitrogen and oxygen atoms in total. The number of pyridine rings is 1. The Labute approximate surface area is 177 Å². The molecular weight excluding hydrogens is 402 g/mol. The minimum absolute atomic E-state index is 0.155. The summed E-state index contributed by atoms with van der Waals surface area (Å²) in [7, 11) is 0. The number of fused-ring (bicyclic) bond motifs is 1. The number of para-hydroxylation sites is 1. The Balaban J connectivity index is 1.55. The fourth-order valence-electron chi connectivity index (χ4n) is 3.09. The molecular formula is C23H18ClN3O3. The van der Waals surface area contributed by atoms with Crippen LogP contribution in [0, 0.1) is 0 Å². The topological polar surface area (TPSA) is 84.2 Å². The van der Waals surface area contributed by atoms with Crippen LogP contribution in [0.25, 0.3) is 22.2 Å². The van der Waals surface area contributed by atoms with E-state index >= 15 is 0 Å². The Morgan fingerprint density at radius 3 is 2.57 bits per heavy atom. The lowest BCUT2D eigenvalue weighted by molar-refractivity contribution is -0.120. The molecule has 2 heterocycles. The third-order valence-corrected chi connectivity index (χ3v) is 4.89. The maximum Gasteiger partial charge on any atom is 0.252 e. The summed E-state index contributed by atoms with van der Waals surface area (Å²) in [4.78, 5) is 29.6. The summed E-state index contributed by atoms with van der Waals surface area (Å²) in [6.45, 7) is 0.105. The highest BCUT2D eigenvalue weighted by Crippen LogP contribution is 2.29. The maximum absolute atomic E-state index is 12.9. The number of benzene rings is 2. The van der Waals surface area contributed by atoms with Gasteiger partial charge in [-0.15, -0.1) is 0 Å². The lowest BCUT2D eigenvalue weighted by Gasteiger charge is -2.11. The van der Waals surface area contributed by atoms with Crippen molar-refractivity contribution in [1.29, 1.82) is 0 Å². The number of amides is 2. The van der Waals surface area contributed by atoms with Gasteiger partial charge < -0.3 is 15.1 Å². The molecule has 2 aromatic carbocycles. The van der Waals surface area contributed by atoms with Crippen molar-refractivity contribution in [3.63, 3.8) is 0 Å². The number of halogens is 1. The third-order valence-electron chi connectivity index (χ3n) is 4.56. The van der Waals surface area contributed by atoms with Crippen LogP contribution < -0.4 is 10.6 Å². The largest absolute Gasteiger partial charge is 0.467 e. The highest BCUT2D eigenvalue weighted by Gasteiger charge is 2.16. The van der Waals surface area contributed by atoms with Gasteiger partial charge in [0.1, 0.15) is 5.76 Å². The summed E-state index contributed by atoms with van der Waals surface area (Å²) >= 11 is 6.32. The Hall–Kier alpha value is -3.64. The number of furan rings is 1. The predicted octanol–water partition coefficient (Wildman–Crippen LogP) is 4.19. The van der Waals surface area contributed by atoms with E-state index in [1.54, 1.807) is 24.3 Å². The van der Waals surface area contributed by atoms with Crippen molar-refractivity contribution in [2.45, 2.75) is 6.54 Å². The van der Waals surface area contributed by atoms with Crippen molar-refractivity contribution in [2.24, 2.45) is 0 Å². The molecule has 0 spiro atoms. The second kappa shape index (κ2) is 8.80. The van der Waals surface area contributed by atoms with E-state index in [0.717, 1.165) is 5.56 Å². The first kappa shape index (κ1) is 19.7. The van der Waals surface area contributed by atoms with E-state index in [-0.39, 0.29) is 24.9 Å². The first-order valence-corrected chi connectivity index (χ1v) is 9.71. The van der Waals surface area contributed by atoms with Crippen LogP contribution in [0.1, 0.15) is 16.1 Å². The maximum atomic E-state index is 12.9. The molecule has 0 saturated heterocycles. The monoisotopic (exact) mass is 419 g/mol. The van der Waals surface area contributed by atoms with E-state index in [0.29, 0.717) is 32.9 Å². The quantitative estimate of drug-likeness (QED) is 0.490. The van der Waals surface area contributed by atoms with Gasteiger partial charge in [0, 0.05) is 16.0 Å². The second-order valence-electron chi connectivity index (χ2n) is 6.59. The van der Waals surface area contributed by atoms with Gasteiger partial charge in [-0.25, -0.2) is 4.98 Å². The van der Waals surface area contributed by atoms with Crippen LogP contribution in [-0.2, 0) is 11.3 Å². The molecule has 4 rings (SSSR count). The summed E-state index contributed by atoms with van der Waals surface area (Å²) in [6.07, 6.45) is 1.54. The molecule has 2 aromatic heterocycles. The number of hydrogen-bond acceptors (Lipinski definition) is 4. The summed E-state index contributed by atoms with van der Waals surface area (Å²) < 4.78 is 5.17. The van der Waals surface area contributed by atoms with Gasteiger partial charge in [-0.3, -0.25) is 9.59 Å². The Kier molecular flexibility index (Phi) is 5.77. The van der Waals surface area contributed by atoms with Crippen molar-refractivity contribution in [3.05, 3.63) is 89.3 Å². The molecule has 0 aliphatic rings. The zero-order valence-electron chi connectivity index (χ0n) is 15.9. The molecule has 0 aliphatic carbocycles. The minimum atomic E-state index is -0.366. The Bertz CT molecular complexity index is 1210. The van der Waals surface area contributed by atoms with E-state index in [2.05, 4.69) is 15.6 Å². The molecule has 0 aliphatic heterocycles. The summed E-state index contributed by atoms with van der Waals surface area (Å²) in [5.74, 6) is -0.0429. The molecule has 0 saturated carbocycles. The highest BCUT2D eigenvalue weighted by atomic mass is 35.5. The zero-order chi connectivity index (χ0) is 20.9. The standard InChI is InChI=1S/C23H18ClN3O3/c24-19-9-3-1-8-17(19)21-12-18(16-7-2-4-10-20(16)27-21)23(29)26-14-22(28)25-13-15-6-5-11-30-15/h1-12H,13-14H2,(H,25,28)(H,26,29). The number of carbonyl (C=O) groups is 2. The average Bonchev–Trinajstić information content (AvgIpc) is 3.29. The summed E-state index contributed by atoms with van der Waals surface area (Å²) in [5, 5.41) is 6.61. The lowest BCUT2D eigenvalue weighted by atomic mass is 10.0. The van der Waals surface area contributed by atoms with E-state index in [4.69, 9.17) is 16.0 Å². The van der Waals surface area contributed by atoms with Crippen LogP contribution in [0.5, 0.6) is 0 Å². The number of rotatable bonds is 6. The van der Waals surface area contributed by atoms with Gasteiger partial charge in [-0.05, 0) is 30.3 Å². The van der Waals surface area contributed by atoms with Gasteiger partial charge in [0.15, 0.2) is 0 Å². The van der Waals surface area contributed by atoms with E-state index < -0.39 is 0 Å². The van der Waals surface area contributed by atoms with Gasteiger partial charge in [-0.2, -0.15) is 0 Å². The Morgan fingerprint density at radius 1 is 0.967 bits per heavy atom. The van der Waals surface area contributed by atoms with Crippen LogP contribution in [-0.4, -0.2) is 23.3 Å². The first-order valence-electron chi connectivity index (χ1n) is 9.34. The van der Waals surface area contributed by atoms with Crippen molar-refractivity contribution in [1.82, 2.24) is 15.6 Å². The zero-order valence-corrected chi connectivity index (χ0v) is 16.6. The number of nitrogens with one attached hydrogen (secondary N) is 2. The van der Waals surface area contributed by atoms with E-state index in [1.807, 2.05) is 42.5 Å². The van der Waals surface area contributed by atoms with Gasteiger partial charge >= 0.3 is 0 Å². The molecule has 7 heteroatoms. The normalized spacial score (nSPS) is 10.7. The van der Waals surface area contributed by atoms with Crippen LogP contribution in [0.15, 0.2) is 77.4 Å². The molecule has 2 amide bonds.